The van der Waals surface area contributed by atoms with E-state index in [4.69, 9.17) is 10.5 Å². The zero-order valence-electron chi connectivity index (χ0n) is 10.0. The SMILES string of the molecule is NC(=O)[C@@H]1CNC(=O)N1C(=O)OCc1ccccc1. The standard InChI is InChI=1S/C12H13N3O4/c13-10(16)9-6-14-11(17)15(9)12(18)19-7-8-4-2-1-3-5-8/h1-5,9H,6-7H2,(H2,13,16)(H,14,17)/t9-/m0/s1. The summed E-state index contributed by atoms with van der Waals surface area (Å²) < 4.78 is 4.98. The van der Waals surface area contributed by atoms with Crippen molar-refractivity contribution in [2.24, 2.45) is 5.73 Å². The third-order valence-electron chi connectivity index (χ3n) is 2.71. The lowest BCUT2D eigenvalue weighted by molar-refractivity contribution is -0.121. The van der Waals surface area contributed by atoms with Crippen LogP contribution in [0.3, 0.4) is 0 Å². The fourth-order valence-electron chi connectivity index (χ4n) is 1.73. The van der Waals surface area contributed by atoms with Crippen molar-refractivity contribution in [3.05, 3.63) is 35.9 Å². The van der Waals surface area contributed by atoms with Crippen LogP contribution in [0.15, 0.2) is 30.3 Å². The first-order valence-electron chi connectivity index (χ1n) is 5.66. The van der Waals surface area contributed by atoms with E-state index >= 15 is 0 Å². The highest BCUT2D eigenvalue weighted by atomic mass is 16.6. The Bertz CT molecular complexity index is 503. The summed E-state index contributed by atoms with van der Waals surface area (Å²) in [6, 6.07) is 7.32. The van der Waals surface area contributed by atoms with Gasteiger partial charge in [-0.3, -0.25) is 4.79 Å². The van der Waals surface area contributed by atoms with Crippen LogP contribution in [-0.2, 0) is 16.1 Å². The molecule has 1 heterocycles. The predicted molar refractivity (Wildman–Crippen MR) is 64.8 cm³/mol. The van der Waals surface area contributed by atoms with Crippen LogP contribution in [0.1, 0.15) is 5.56 Å². The van der Waals surface area contributed by atoms with Crippen LogP contribution in [0.2, 0.25) is 0 Å². The third kappa shape index (κ3) is 2.82. The molecule has 0 aromatic heterocycles. The number of carbonyl (C=O) groups is 3. The molecule has 100 valence electrons. The minimum Gasteiger partial charge on any atom is -0.444 e. The van der Waals surface area contributed by atoms with E-state index in [1.165, 1.54) is 0 Å². The van der Waals surface area contributed by atoms with Crippen LogP contribution in [0, 0.1) is 0 Å². The molecule has 1 aromatic rings. The Balaban J connectivity index is 1.99. The van der Waals surface area contributed by atoms with E-state index in [0.29, 0.717) is 4.90 Å². The third-order valence-corrected chi connectivity index (χ3v) is 2.71. The average Bonchev–Trinajstić information content (AvgIpc) is 2.79. The molecule has 3 N–H and O–H groups in total. The highest BCUT2D eigenvalue weighted by Crippen LogP contribution is 2.10. The summed E-state index contributed by atoms with van der Waals surface area (Å²) in [5, 5.41) is 2.37. The van der Waals surface area contributed by atoms with Crippen LogP contribution in [0.5, 0.6) is 0 Å². The molecule has 7 heteroatoms. The number of imide groups is 1. The first-order valence-corrected chi connectivity index (χ1v) is 5.66. The molecule has 1 atom stereocenters. The lowest BCUT2D eigenvalue weighted by Crippen LogP contribution is -2.46. The molecule has 1 aromatic carbocycles. The maximum Gasteiger partial charge on any atom is 0.419 e. The zero-order valence-corrected chi connectivity index (χ0v) is 10.0. The second-order valence-electron chi connectivity index (χ2n) is 4.01. The molecule has 1 aliphatic rings. The quantitative estimate of drug-likeness (QED) is 0.813. The summed E-state index contributed by atoms with van der Waals surface area (Å²) in [5.41, 5.74) is 5.90. The van der Waals surface area contributed by atoms with Crippen molar-refractivity contribution < 1.29 is 19.1 Å². The molecule has 0 radical (unpaired) electrons. The number of urea groups is 1. The van der Waals surface area contributed by atoms with Crippen molar-refractivity contribution in [2.45, 2.75) is 12.6 Å². The number of nitrogens with zero attached hydrogens (tertiary/aromatic N) is 1. The number of ether oxygens (including phenoxy) is 1. The number of benzene rings is 1. The van der Waals surface area contributed by atoms with Gasteiger partial charge in [-0.15, -0.1) is 0 Å². The van der Waals surface area contributed by atoms with Gasteiger partial charge in [-0.2, -0.15) is 0 Å². The van der Waals surface area contributed by atoms with E-state index in [1.54, 1.807) is 24.3 Å². The van der Waals surface area contributed by atoms with Gasteiger partial charge in [0, 0.05) is 6.54 Å². The first kappa shape index (κ1) is 12.9. The molecule has 0 unspecified atom stereocenters. The molecule has 7 nitrogen and oxygen atoms in total. The Morgan fingerprint density at radius 1 is 1.37 bits per heavy atom. The molecule has 2 rings (SSSR count). The Labute approximate surface area is 109 Å². The van der Waals surface area contributed by atoms with Gasteiger partial charge in [0.25, 0.3) is 0 Å². The molecule has 1 saturated heterocycles. The molecule has 0 saturated carbocycles. The lowest BCUT2D eigenvalue weighted by Gasteiger charge is -2.17. The van der Waals surface area contributed by atoms with Gasteiger partial charge in [0.2, 0.25) is 5.91 Å². The Morgan fingerprint density at radius 3 is 2.68 bits per heavy atom. The molecule has 0 bridgehead atoms. The highest BCUT2D eigenvalue weighted by molar-refractivity contribution is 5.99. The minimum absolute atomic E-state index is 0.00854. The fourth-order valence-corrected chi connectivity index (χ4v) is 1.73. The molecule has 4 amide bonds. The molecular weight excluding hydrogens is 250 g/mol. The normalized spacial score (nSPS) is 18.0. The number of rotatable bonds is 3. The average molecular weight is 263 g/mol. The lowest BCUT2D eigenvalue weighted by atomic mass is 10.2. The maximum absolute atomic E-state index is 11.8. The van der Waals surface area contributed by atoms with E-state index in [0.717, 1.165) is 5.56 Å². The van der Waals surface area contributed by atoms with Gasteiger partial charge < -0.3 is 15.8 Å². The van der Waals surface area contributed by atoms with Gasteiger partial charge >= 0.3 is 12.1 Å². The summed E-state index contributed by atoms with van der Waals surface area (Å²) in [7, 11) is 0. The first-order chi connectivity index (χ1) is 9.09. The Hall–Kier alpha value is -2.57. The number of nitrogens with one attached hydrogen (secondary N) is 1. The number of amides is 4. The second-order valence-corrected chi connectivity index (χ2v) is 4.01. The number of hydrogen-bond donors (Lipinski definition) is 2. The van der Waals surface area contributed by atoms with Gasteiger partial charge in [-0.05, 0) is 5.56 Å². The Kier molecular flexibility index (Phi) is 3.65. The van der Waals surface area contributed by atoms with E-state index < -0.39 is 24.1 Å². The van der Waals surface area contributed by atoms with Crippen LogP contribution in [0.4, 0.5) is 9.59 Å². The molecule has 19 heavy (non-hydrogen) atoms. The summed E-state index contributed by atoms with van der Waals surface area (Å²) >= 11 is 0. The Morgan fingerprint density at radius 2 is 2.05 bits per heavy atom. The molecule has 1 aliphatic heterocycles. The zero-order chi connectivity index (χ0) is 13.8. The van der Waals surface area contributed by atoms with Crippen molar-refractivity contribution in [1.82, 2.24) is 10.2 Å². The fraction of sp³-hybridized carbons (Fsp3) is 0.250. The smallest absolute Gasteiger partial charge is 0.419 e. The summed E-state index contributed by atoms with van der Waals surface area (Å²) in [4.78, 5) is 35.0. The molecule has 0 aliphatic carbocycles. The largest absolute Gasteiger partial charge is 0.444 e. The van der Waals surface area contributed by atoms with Gasteiger partial charge in [0.05, 0.1) is 0 Å². The predicted octanol–water partition coefficient (Wildman–Crippen LogP) is 0.202. The topological polar surface area (TPSA) is 102 Å². The van der Waals surface area contributed by atoms with Gasteiger partial charge in [0.1, 0.15) is 12.6 Å². The highest BCUT2D eigenvalue weighted by Gasteiger charge is 2.40. The van der Waals surface area contributed by atoms with Crippen LogP contribution in [-0.4, -0.2) is 35.5 Å². The maximum atomic E-state index is 11.8. The van der Waals surface area contributed by atoms with E-state index in [2.05, 4.69) is 5.32 Å². The number of primary amides is 1. The van der Waals surface area contributed by atoms with Gasteiger partial charge in [-0.25, -0.2) is 14.5 Å². The summed E-state index contributed by atoms with van der Waals surface area (Å²) in [6.07, 6.45) is -0.886. The minimum atomic E-state index is -1.00. The van der Waals surface area contributed by atoms with Crippen molar-refractivity contribution in [3.8, 4) is 0 Å². The van der Waals surface area contributed by atoms with Crippen LogP contribution >= 0.6 is 0 Å². The molecule has 0 spiro atoms. The molecular formula is C12H13N3O4. The summed E-state index contributed by atoms with van der Waals surface area (Å²) in [5.74, 6) is -0.755. The number of nitrogens with two attached hydrogens (primary N) is 1. The van der Waals surface area contributed by atoms with Gasteiger partial charge in [0.15, 0.2) is 0 Å². The van der Waals surface area contributed by atoms with Crippen molar-refractivity contribution >= 4 is 18.0 Å². The van der Waals surface area contributed by atoms with Crippen molar-refractivity contribution in [1.29, 1.82) is 0 Å². The van der Waals surface area contributed by atoms with E-state index in [-0.39, 0.29) is 13.2 Å². The van der Waals surface area contributed by atoms with Crippen molar-refractivity contribution in [2.75, 3.05) is 6.54 Å². The number of carbonyl (C=O) groups excluding carboxylic acids is 3. The van der Waals surface area contributed by atoms with E-state index in [9.17, 15) is 14.4 Å². The number of hydrogen-bond acceptors (Lipinski definition) is 4. The van der Waals surface area contributed by atoms with Crippen LogP contribution in [0.25, 0.3) is 0 Å². The van der Waals surface area contributed by atoms with Crippen LogP contribution < -0.4 is 11.1 Å². The second kappa shape index (κ2) is 5.38. The summed E-state index contributed by atoms with van der Waals surface area (Å²) in [6.45, 7) is 0.0313. The van der Waals surface area contributed by atoms with Crippen molar-refractivity contribution in [3.63, 3.8) is 0 Å². The van der Waals surface area contributed by atoms with Gasteiger partial charge in [-0.1, -0.05) is 30.3 Å². The van der Waals surface area contributed by atoms with E-state index in [1.807, 2.05) is 6.07 Å². The monoisotopic (exact) mass is 263 g/mol. The molecule has 1 fully saturated rings.